The molecule has 0 aliphatic carbocycles. The molecule has 2 aromatic carbocycles. The van der Waals surface area contributed by atoms with Crippen LogP contribution in [0.5, 0.6) is 5.88 Å². The molecule has 0 unspecified atom stereocenters. The highest BCUT2D eigenvalue weighted by atomic mass is 35.5. The Labute approximate surface area is 175 Å². The lowest BCUT2D eigenvalue weighted by Gasteiger charge is -2.27. The van der Waals surface area contributed by atoms with Crippen molar-refractivity contribution in [2.45, 2.75) is 5.92 Å². The second kappa shape index (κ2) is 7.31. The highest BCUT2D eigenvalue weighted by Crippen LogP contribution is 2.41. The number of nitrogens with zero attached hydrogens (tertiary/aromatic N) is 3. The van der Waals surface area contributed by atoms with E-state index in [0.29, 0.717) is 11.3 Å². The van der Waals surface area contributed by atoms with E-state index in [-0.39, 0.29) is 22.2 Å². The molecule has 1 aliphatic heterocycles. The maximum atomic E-state index is 13.0. The van der Waals surface area contributed by atoms with Crippen LogP contribution in [0.1, 0.15) is 22.6 Å². The Bertz CT molecular complexity index is 1320. The van der Waals surface area contributed by atoms with Crippen molar-refractivity contribution in [1.29, 1.82) is 0 Å². The van der Waals surface area contributed by atoms with Crippen LogP contribution in [0.25, 0.3) is 5.76 Å². The summed E-state index contributed by atoms with van der Waals surface area (Å²) in [5.74, 6) is -0.252. The zero-order valence-corrected chi connectivity index (χ0v) is 16.8. The van der Waals surface area contributed by atoms with Gasteiger partial charge >= 0.3 is 5.69 Å². The first-order chi connectivity index (χ1) is 14.3. The van der Waals surface area contributed by atoms with E-state index in [1.54, 1.807) is 6.08 Å². The van der Waals surface area contributed by atoms with Crippen LogP contribution in [0.4, 0.5) is 5.69 Å². The van der Waals surface area contributed by atoms with E-state index in [4.69, 9.17) is 16.3 Å². The fourth-order valence-corrected chi connectivity index (χ4v) is 3.73. The fourth-order valence-electron chi connectivity index (χ4n) is 3.50. The van der Waals surface area contributed by atoms with Crippen LogP contribution in [0.3, 0.4) is 0 Å². The highest BCUT2D eigenvalue weighted by Gasteiger charge is 2.32. The zero-order valence-electron chi connectivity index (χ0n) is 16.0. The summed E-state index contributed by atoms with van der Waals surface area (Å²) in [6, 6.07) is 13.2. The lowest BCUT2D eigenvalue weighted by Crippen LogP contribution is -2.41. The number of hydrogen-bond donors (Lipinski definition) is 0. The monoisotopic (exact) mass is 425 g/mol. The molecule has 3 aromatic rings. The third kappa shape index (κ3) is 3.11. The second-order valence-electron chi connectivity index (χ2n) is 6.86. The number of benzene rings is 2. The third-order valence-corrected chi connectivity index (χ3v) is 5.41. The van der Waals surface area contributed by atoms with Gasteiger partial charge in [-0.3, -0.25) is 24.0 Å². The molecule has 0 saturated heterocycles. The highest BCUT2D eigenvalue weighted by molar-refractivity contribution is 6.31. The van der Waals surface area contributed by atoms with Gasteiger partial charge < -0.3 is 4.74 Å². The smallest absolute Gasteiger partial charge is 0.333 e. The Hall–Kier alpha value is -3.65. The number of rotatable bonds is 3. The van der Waals surface area contributed by atoms with Gasteiger partial charge in [-0.2, -0.15) is 0 Å². The number of allylic oxidation sites excluding steroid dienone is 1. The second-order valence-corrected chi connectivity index (χ2v) is 7.27. The Kier molecular flexibility index (Phi) is 4.79. The molecule has 0 saturated carbocycles. The summed E-state index contributed by atoms with van der Waals surface area (Å²) in [6.45, 7) is 0. The van der Waals surface area contributed by atoms with Crippen LogP contribution in [0.2, 0.25) is 5.02 Å². The van der Waals surface area contributed by atoms with Gasteiger partial charge in [0, 0.05) is 42.7 Å². The Balaban J connectivity index is 2.05. The molecular weight excluding hydrogens is 410 g/mol. The summed E-state index contributed by atoms with van der Waals surface area (Å²) < 4.78 is 8.18. The number of fused-ring (bicyclic) bond motifs is 1. The maximum absolute atomic E-state index is 13.0. The number of nitro groups is 1. The number of halogens is 1. The topological polar surface area (TPSA) is 96.4 Å². The summed E-state index contributed by atoms with van der Waals surface area (Å²) in [7, 11) is 2.87. The molecule has 0 N–H and O–H groups in total. The van der Waals surface area contributed by atoms with Crippen LogP contribution in [-0.4, -0.2) is 14.1 Å². The van der Waals surface area contributed by atoms with E-state index in [0.717, 1.165) is 10.1 Å². The van der Waals surface area contributed by atoms with Crippen molar-refractivity contribution in [2.24, 2.45) is 14.1 Å². The molecule has 2 heterocycles. The number of non-ortho nitro benzene ring substituents is 1. The van der Waals surface area contributed by atoms with Crippen molar-refractivity contribution in [3.8, 4) is 5.88 Å². The number of ether oxygens (including phenoxy) is 1. The molecule has 4 rings (SSSR count). The van der Waals surface area contributed by atoms with E-state index in [1.807, 2.05) is 30.3 Å². The Morgan fingerprint density at radius 2 is 1.77 bits per heavy atom. The SMILES string of the molecule is Cn1c2c(c(=O)n(C)c1=O)[C@@H](c1cc([N+](=O)[O-])ccc1Cl)C=C(c1ccccc1)O2. The first kappa shape index (κ1) is 19.7. The number of nitro benzene ring substituents is 1. The summed E-state index contributed by atoms with van der Waals surface area (Å²) >= 11 is 6.39. The Morgan fingerprint density at radius 3 is 2.43 bits per heavy atom. The molecule has 9 heteroatoms. The summed E-state index contributed by atoms with van der Waals surface area (Å²) in [4.78, 5) is 36.3. The average molecular weight is 426 g/mol. The van der Waals surface area contributed by atoms with E-state index >= 15 is 0 Å². The van der Waals surface area contributed by atoms with Crippen molar-refractivity contribution in [1.82, 2.24) is 9.13 Å². The number of aromatic nitrogens is 2. The minimum Gasteiger partial charge on any atom is -0.440 e. The predicted octanol–water partition coefficient (Wildman–Crippen LogP) is 3.21. The molecule has 1 aromatic heterocycles. The van der Waals surface area contributed by atoms with Gasteiger partial charge in [0.15, 0.2) is 0 Å². The molecule has 0 bridgehead atoms. The zero-order chi connectivity index (χ0) is 21.6. The van der Waals surface area contributed by atoms with Gasteiger partial charge in [0.05, 0.1) is 10.5 Å². The first-order valence-electron chi connectivity index (χ1n) is 8.98. The van der Waals surface area contributed by atoms with Gasteiger partial charge in [-0.1, -0.05) is 41.9 Å². The standard InChI is InChI=1S/C21H16ClN3O5/c1-23-19(26)18-15(14-10-13(25(28)29)8-9-16(14)22)11-17(12-6-4-3-5-7-12)30-20(18)24(2)21(23)27/h3-11,15H,1-2H3/t15-/m1/s1. The van der Waals surface area contributed by atoms with Gasteiger partial charge in [0.1, 0.15) is 5.76 Å². The molecule has 152 valence electrons. The van der Waals surface area contributed by atoms with Crippen molar-refractivity contribution < 1.29 is 9.66 Å². The molecule has 0 amide bonds. The van der Waals surface area contributed by atoms with Crippen molar-refractivity contribution >= 4 is 23.0 Å². The summed E-state index contributed by atoms with van der Waals surface area (Å²) in [6.07, 6.45) is 1.69. The van der Waals surface area contributed by atoms with Gasteiger partial charge in [0.2, 0.25) is 5.88 Å². The lowest BCUT2D eigenvalue weighted by atomic mass is 9.89. The third-order valence-electron chi connectivity index (χ3n) is 5.06. The minimum atomic E-state index is -0.748. The summed E-state index contributed by atoms with van der Waals surface area (Å²) in [5.41, 5.74) is 0.0313. The van der Waals surface area contributed by atoms with E-state index in [1.165, 1.54) is 36.9 Å². The van der Waals surface area contributed by atoms with Crippen LogP contribution in [0.15, 0.2) is 64.2 Å². The molecule has 30 heavy (non-hydrogen) atoms. The van der Waals surface area contributed by atoms with E-state index in [2.05, 4.69) is 0 Å². The normalized spacial score (nSPS) is 15.2. The minimum absolute atomic E-state index is 0.0806. The molecule has 8 nitrogen and oxygen atoms in total. The average Bonchev–Trinajstić information content (AvgIpc) is 2.76. The fraction of sp³-hybridized carbons (Fsp3) is 0.143. The molecule has 1 atom stereocenters. The molecule has 0 spiro atoms. The lowest BCUT2D eigenvalue weighted by molar-refractivity contribution is -0.384. The predicted molar refractivity (Wildman–Crippen MR) is 112 cm³/mol. The van der Waals surface area contributed by atoms with Crippen LogP contribution >= 0.6 is 11.6 Å². The Morgan fingerprint density at radius 1 is 1.07 bits per heavy atom. The maximum Gasteiger partial charge on any atom is 0.333 e. The molecule has 0 fully saturated rings. The van der Waals surface area contributed by atoms with Gasteiger partial charge in [-0.25, -0.2) is 4.79 Å². The van der Waals surface area contributed by atoms with E-state index in [9.17, 15) is 19.7 Å². The van der Waals surface area contributed by atoms with Crippen molar-refractivity contribution in [3.05, 3.63) is 107 Å². The van der Waals surface area contributed by atoms with Gasteiger partial charge in [0.25, 0.3) is 11.2 Å². The van der Waals surface area contributed by atoms with Gasteiger partial charge in [-0.05, 0) is 17.7 Å². The number of hydrogen-bond acceptors (Lipinski definition) is 5. The quantitative estimate of drug-likeness (QED) is 0.474. The first-order valence-corrected chi connectivity index (χ1v) is 9.36. The van der Waals surface area contributed by atoms with E-state index < -0.39 is 22.1 Å². The van der Waals surface area contributed by atoms with Crippen LogP contribution in [-0.2, 0) is 14.1 Å². The molecule has 1 aliphatic rings. The molecule has 0 radical (unpaired) electrons. The van der Waals surface area contributed by atoms with Gasteiger partial charge in [-0.15, -0.1) is 0 Å². The van der Waals surface area contributed by atoms with Crippen LogP contribution in [0, 0.1) is 10.1 Å². The largest absolute Gasteiger partial charge is 0.440 e. The summed E-state index contributed by atoms with van der Waals surface area (Å²) in [5, 5.41) is 11.6. The van der Waals surface area contributed by atoms with Crippen molar-refractivity contribution in [2.75, 3.05) is 0 Å². The van der Waals surface area contributed by atoms with Crippen molar-refractivity contribution in [3.63, 3.8) is 0 Å². The van der Waals surface area contributed by atoms with Crippen LogP contribution < -0.4 is 16.0 Å². The molecular formula is C21H16ClN3O5.